The molecule has 2 fully saturated rings. The Labute approximate surface area is 212 Å². The molecular formula is C30H33NO5. The molecular weight excluding hydrogens is 454 g/mol. The summed E-state index contributed by atoms with van der Waals surface area (Å²) in [7, 11) is 0. The molecule has 0 bridgehead atoms. The van der Waals surface area contributed by atoms with Gasteiger partial charge in [-0.2, -0.15) is 0 Å². The van der Waals surface area contributed by atoms with Gasteiger partial charge in [0.25, 0.3) is 0 Å². The third-order valence-electron chi connectivity index (χ3n) is 6.88. The van der Waals surface area contributed by atoms with Crippen LogP contribution in [0.2, 0.25) is 0 Å². The van der Waals surface area contributed by atoms with Crippen LogP contribution in [0.4, 0.5) is 0 Å². The first-order chi connectivity index (χ1) is 17.7. The number of carbonyl (C=O) groups is 1. The van der Waals surface area contributed by atoms with Crippen LogP contribution < -0.4 is 5.32 Å². The Morgan fingerprint density at radius 3 is 1.56 bits per heavy atom. The average molecular weight is 488 g/mol. The van der Waals surface area contributed by atoms with E-state index in [4.69, 9.17) is 18.9 Å². The highest BCUT2D eigenvalue weighted by Crippen LogP contribution is 2.40. The van der Waals surface area contributed by atoms with Gasteiger partial charge < -0.3 is 24.3 Å². The number of hydrogen-bond acceptors (Lipinski definition) is 6. The van der Waals surface area contributed by atoms with Crippen molar-refractivity contribution in [2.24, 2.45) is 5.92 Å². The quantitative estimate of drug-likeness (QED) is 0.322. The van der Waals surface area contributed by atoms with Gasteiger partial charge in [-0.1, -0.05) is 91.0 Å². The summed E-state index contributed by atoms with van der Waals surface area (Å²) in [6, 6.07) is 30.6. The molecule has 0 amide bonds. The van der Waals surface area contributed by atoms with Crippen molar-refractivity contribution in [1.82, 2.24) is 5.32 Å². The van der Waals surface area contributed by atoms with Crippen LogP contribution in [0.25, 0.3) is 0 Å². The molecule has 0 radical (unpaired) electrons. The lowest BCUT2D eigenvalue weighted by atomic mass is 9.82. The second kappa shape index (κ2) is 11.8. The lowest BCUT2D eigenvalue weighted by Gasteiger charge is -2.40. The van der Waals surface area contributed by atoms with Crippen molar-refractivity contribution in [2.75, 3.05) is 6.61 Å². The van der Waals surface area contributed by atoms with Crippen LogP contribution in [0.5, 0.6) is 0 Å². The third-order valence-corrected chi connectivity index (χ3v) is 6.88. The maximum atomic E-state index is 11.7. The zero-order valence-corrected chi connectivity index (χ0v) is 20.5. The highest BCUT2D eigenvalue weighted by Gasteiger charge is 2.60. The van der Waals surface area contributed by atoms with Crippen molar-refractivity contribution in [3.05, 3.63) is 108 Å². The fourth-order valence-corrected chi connectivity index (χ4v) is 5.01. The summed E-state index contributed by atoms with van der Waals surface area (Å²) in [6.07, 6.45) is -0.854. The molecule has 1 saturated carbocycles. The molecule has 3 aromatic rings. The molecule has 36 heavy (non-hydrogen) atoms. The fourth-order valence-electron chi connectivity index (χ4n) is 5.01. The van der Waals surface area contributed by atoms with Crippen molar-refractivity contribution in [2.45, 2.75) is 57.1 Å². The first kappa shape index (κ1) is 24.7. The van der Waals surface area contributed by atoms with E-state index >= 15 is 0 Å². The minimum Gasteiger partial charge on any atom is -0.465 e. The Hall–Kier alpha value is -3.03. The largest absolute Gasteiger partial charge is 0.465 e. The molecule has 5 rings (SSSR count). The highest BCUT2D eigenvalue weighted by atomic mass is 16.6. The predicted octanol–water partition coefficient (Wildman–Crippen LogP) is 4.28. The van der Waals surface area contributed by atoms with Crippen molar-refractivity contribution < 1.29 is 23.7 Å². The molecule has 6 atom stereocenters. The van der Waals surface area contributed by atoms with E-state index in [0.717, 1.165) is 16.7 Å². The van der Waals surface area contributed by atoms with Crippen LogP contribution >= 0.6 is 0 Å². The summed E-state index contributed by atoms with van der Waals surface area (Å²) >= 11 is 0. The summed E-state index contributed by atoms with van der Waals surface area (Å²) in [5.41, 5.74) is 3.28. The van der Waals surface area contributed by atoms with Crippen LogP contribution in [0.1, 0.15) is 23.6 Å². The molecule has 3 aromatic carbocycles. The van der Waals surface area contributed by atoms with Gasteiger partial charge in [0, 0.05) is 18.9 Å². The molecule has 1 N–H and O–H groups in total. The average Bonchev–Trinajstić information content (AvgIpc) is 3.71. The maximum Gasteiger partial charge on any atom is 0.302 e. The number of carbonyl (C=O) groups excluding carboxylic acids is 1. The summed E-state index contributed by atoms with van der Waals surface area (Å²) in [5.74, 6) is -0.335. The number of nitrogens with one attached hydrogen (secondary N) is 1. The van der Waals surface area contributed by atoms with Crippen LogP contribution in [0.3, 0.4) is 0 Å². The zero-order chi connectivity index (χ0) is 24.7. The summed E-state index contributed by atoms with van der Waals surface area (Å²) in [5, 5.41) is 3.57. The monoisotopic (exact) mass is 487 g/mol. The van der Waals surface area contributed by atoms with Crippen LogP contribution in [-0.4, -0.2) is 43.0 Å². The van der Waals surface area contributed by atoms with Gasteiger partial charge in [-0.3, -0.25) is 4.79 Å². The third kappa shape index (κ3) is 6.20. The van der Waals surface area contributed by atoms with Crippen LogP contribution in [0, 0.1) is 5.92 Å². The topological polar surface area (TPSA) is 75.9 Å². The van der Waals surface area contributed by atoms with Gasteiger partial charge in [0.15, 0.2) is 0 Å². The van der Waals surface area contributed by atoms with Crippen LogP contribution in [-0.2, 0) is 43.6 Å². The van der Waals surface area contributed by atoms with E-state index in [0.29, 0.717) is 19.8 Å². The van der Waals surface area contributed by atoms with Gasteiger partial charge in [0.2, 0.25) is 0 Å². The number of rotatable bonds is 11. The van der Waals surface area contributed by atoms with E-state index in [-0.39, 0.29) is 48.9 Å². The second-order valence-electron chi connectivity index (χ2n) is 9.47. The zero-order valence-electron chi connectivity index (χ0n) is 20.5. The first-order valence-electron chi connectivity index (χ1n) is 12.5. The number of ether oxygens (including phenoxy) is 4. The Bertz CT molecular complexity index is 1090. The van der Waals surface area contributed by atoms with Gasteiger partial charge in [0.1, 0.15) is 12.2 Å². The molecule has 0 spiro atoms. The second-order valence-corrected chi connectivity index (χ2v) is 9.47. The number of esters is 1. The standard InChI is InChI=1S/C30H33NO5/c1-21(32)33-20-25-26-27(31-26)29(35-18-23-13-7-3-8-14-23)30(36-19-24-15-9-4-10-16-24)28(25)34-17-22-11-5-2-6-12-22/h2-16,25-31H,17-20H2,1H3/t25-,26-,27-,28+,29-,30-/m0/s1. The summed E-state index contributed by atoms with van der Waals surface area (Å²) in [6.45, 7) is 3.09. The predicted molar refractivity (Wildman–Crippen MR) is 136 cm³/mol. The van der Waals surface area contributed by atoms with Gasteiger partial charge in [0.05, 0.1) is 38.6 Å². The number of benzene rings is 3. The molecule has 6 heteroatoms. The van der Waals surface area contributed by atoms with Gasteiger partial charge >= 0.3 is 5.97 Å². The molecule has 1 heterocycles. The smallest absolute Gasteiger partial charge is 0.302 e. The van der Waals surface area contributed by atoms with E-state index in [1.807, 2.05) is 66.7 Å². The molecule has 1 aliphatic heterocycles. The SMILES string of the molecule is CC(=O)OC[C@H]1[C@@H]2N[C@@H]2[C@H](OCc2ccccc2)[C@@H](OCc2ccccc2)[C@@H]1OCc1ccccc1. The van der Waals surface area contributed by atoms with Gasteiger partial charge in [-0.05, 0) is 16.7 Å². The Balaban J connectivity index is 1.38. The molecule has 188 valence electrons. The minimum atomic E-state index is -0.338. The van der Waals surface area contributed by atoms with Crippen molar-refractivity contribution in [3.8, 4) is 0 Å². The lowest BCUT2D eigenvalue weighted by molar-refractivity contribution is -0.186. The number of fused-ring (bicyclic) bond motifs is 1. The highest BCUT2D eigenvalue weighted by molar-refractivity contribution is 5.65. The van der Waals surface area contributed by atoms with Gasteiger partial charge in [-0.15, -0.1) is 0 Å². The molecule has 0 aromatic heterocycles. The van der Waals surface area contributed by atoms with Crippen molar-refractivity contribution in [1.29, 1.82) is 0 Å². The van der Waals surface area contributed by atoms with E-state index < -0.39 is 0 Å². The van der Waals surface area contributed by atoms with Crippen molar-refractivity contribution >= 4 is 5.97 Å². The fraction of sp³-hybridized carbons (Fsp3) is 0.367. The normalized spacial score (nSPS) is 26.7. The molecule has 6 nitrogen and oxygen atoms in total. The molecule has 1 aliphatic carbocycles. The minimum absolute atomic E-state index is 0.0417. The van der Waals surface area contributed by atoms with E-state index in [1.165, 1.54) is 6.92 Å². The van der Waals surface area contributed by atoms with E-state index in [9.17, 15) is 4.79 Å². The first-order valence-corrected chi connectivity index (χ1v) is 12.5. The van der Waals surface area contributed by atoms with Gasteiger partial charge in [-0.25, -0.2) is 0 Å². The Morgan fingerprint density at radius 1 is 0.639 bits per heavy atom. The molecule has 1 saturated heterocycles. The van der Waals surface area contributed by atoms with E-state index in [1.54, 1.807) is 0 Å². The van der Waals surface area contributed by atoms with E-state index in [2.05, 4.69) is 29.6 Å². The lowest BCUT2D eigenvalue weighted by Crippen LogP contribution is -2.55. The Morgan fingerprint density at radius 2 is 1.08 bits per heavy atom. The summed E-state index contributed by atoms with van der Waals surface area (Å²) in [4.78, 5) is 11.7. The van der Waals surface area contributed by atoms with Crippen molar-refractivity contribution in [3.63, 3.8) is 0 Å². The Kier molecular flexibility index (Phi) is 8.08. The maximum absolute atomic E-state index is 11.7. The number of hydrogen-bond donors (Lipinski definition) is 1. The molecule has 0 unspecified atom stereocenters. The van der Waals surface area contributed by atoms with Crippen LogP contribution in [0.15, 0.2) is 91.0 Å². The summed E-state index contributed by atoms with van der Waals surface area (Å²) < 4.78 is 25.1. The molecule has 2 aliphatic rings.